The molecule has 1 unspecified atom stereocenters. The molecule has 98 valence electrons. The van der Waals surface area contributed by atoms with E-state index in [-0.39, 0.29) is 6.54 Å². The van der Waals surface area contributed by atoms with E-state index in [1.54, 1.807) is 0 Å². The van der Waals surface area contributed by atoms with E-state index in [4.69, 9.17) is 9.84 Å². The summed E-state index contributed by atoms with van der Waals surface area (Å²) in [7, 11) is 0. The van der Waals surface area contributed by atoms with E-state index in [1.807, 2.05) is 31.2 Å². The summed E-state index contributed by atoms with van der Waals surface area (Å²) >= 11 is 0. The van der Waals surface area contributed by atoms with Crippen LogP contribution in [0.25, 0.3) is 0 Å². The number of aryl methyl sites for hydroxylation is 1. The molecule has 1 aromatic rings. The Hall–Kier alpha value is -2.04. The number of carboxylic acids is 1. The second-order valence-corrected chi connectivity index (χ2v) is 3.96. The minimum atomic E-state index is -1.13. The number of carboxylic acid groups (broad SMARTS) is 1. The first-order chi connectivity index (χ1) is 8.52. The largest absolute Gasteiger partial charge is 0.491 e. The molecule has 0 bridgehead atoms. The van der Waals surface area contributed by atoms with Gasteiger partial charge in [0.05, 0.1) is 6.54 Å². The predicted molar refractivity (Wildman–Crippen MR) is 66.5 cm³/mol. The third-order valence-corrected chi connectivity index (χ3v) is 2.52. The average molecular weight is 251 g/mol. The summed E-state index contributed by atoms with van der Waals surface area (Å²) < 4.78 is 5.47. The quantitative estimate of drug-likeness (QED) is 0.588. The maximum absolute atomic E-state index is 11.3. The van der Waals surface area contributed by atoms with E-state index < -0.39 is 17.8 Å². The number of carbonyl (C=O) groups excluding carboxylic acids is 1. The van der Waals surface area contributed by atoms with Crippen molar-refractivity contribution >= 4 is 11.9 Å². The van der Waals surface area contributed by atoms with E-state index in [0.717, 1.165) is 11.3 Å². The molecule has 0 aliphatic carbocycles. The van der Waals surface area contributed by atoms with Crippen molar-refractivity contribution in [3.63, 3.8) is 0 Å². The Kier molecular flexibility index (Phi) is 5.17. The predicted octanol–water partition coefficient (Wildman–Crippen LogP) is 1.21. The van der Waals surface area contributed by atoms with Gasteiger partial charge in [-0.1, -0.05) is 18.2 Å². The minimum absolute atomic E-state index is 0.283. The molecule has 0 aliphatic rings. The van der Waals surface area contributed by atoms with Crippen molar-refractivity contribution < 1.29 is 19.4 Å². The molecule has 1 rings (SSSR count). The third kappa shape index (κ3) is 4.08. The highest BCUT2D eigenvalue weighted by Gasteiger charge is 2.19. The second kappa shape index (κ2) is 6.64. The molecule has 0 heterocycles. The number of ether oxygens (including phenoxy) is 1. The lowest BCUT2D eigenvalue weighted by atomic mass is 10.2. The van der Waals surface area contributed by atoms with Gasteiger partial charge in [0.2, 0.25) is 5.91 Å². The lowest BCUT2D eigenvalue weighted by Gasteiger charge is -2.10. The van der Waals surface area contributed by atoms with Crippen LogP contribution in [0.15, 0.2) is 24.3 Å². The van der Waals surface area contributed by atoms with Crippen LogP contribution in [0.2, 0.25) is 0 Å². The zero-order chi connectivity index (χ0) is 13.5. The number of hydrogen-bond acceptors (Lipinski definition) is 3. The summed E-state index contributed by atoms with van der Waals surface area (Å²) in [6.45, 7) is 3.87. The molecular formula is C13H17NO4. The van der Waals surface area contributed by atoms with Gasteiger partial charge in [-0.3, -0.25) is 9.59 Å². The monoisotopic (exact) mass is 251 g/mol. The van der Waals surface area contributed by atoms with E-state index in [9.17, 15) is 9.59 Å². The van der Waals surface area contributed by atoms with Gasteiger partial charge in [0, 0.05) is 0 Å². The van der Waals surface area contributed by atoms with Gasteiger partial charge in [-0.15, -0.1) is 0 Å². The fraction of sp³-hybridized carbons (Fsp3) is 0.385. The SMILES string of the molecule is Cc1ccccc1OCCNC(=O)C(C)C(=O)O. The Morgan fingerprint density at radius 3 is 2.67 bits per heavy atom. The van der Waals surface area contributed by atoms with Crippen molar-refractivity contribution in [2.45, 2.75) is 13.8 Å². The fourth-order valence-corrected chi connectivity index (χ4v) is 1.32. The van der Waals surface area contributed by atoms with Crippen molar-refractivity contribution in [2.24, 2.45) is 5.92 Å². The van der Waals surface area contributed by atoms with Gasteiger partial charge in [-0.25, -0.2) is 0 Å². The Bertz CT molecular complexity index is 431. The Balaban J connectivity index is 2.29. The van der Waals surface area contributed by atoms with Gasteiger partial charge in [-0.05, 0) is 25.5 Å². The number of para-hydroxylation sites is 1. The number of aliphatic carboxylic acids is 1. The molecule has 0 fully saturated rings. The molecule has 5 nitrogen and oxygen atoms in total. The van der Waals surface area contributed by atoms with Gasteiger partial charge in [0.1, 0.15) is 18.3 Å². The molecule has 0 saturated carbocycles. The van der Waals surface area contributed by atoms with Crippen LogP contribution in [-0.4, -0.2) is 30.1 Å². The summed E-state index contributed by atoms with van der Waals surface area (Å²) in [5.41, 5.74) is 1.02. The summed E-state index contributed by atoms with van der Waals surface area (Å²) in [5, 5.41) is 11.1. The van der Waals surface area contributed by atoms with Gasteiger partial charge in [0.15, 0.2) is 0 Å². The molecule has 1 aromatic carbocycles. The third-order valence-electron chi connectivity index (χ3n) is 2.52. The highest BCUT2D eigenvalue weighted by atomic mass is 16.5. The smallest absolute Gasteiger partial charge is 0.315 e. The van der Waals surface area contributed by atoms with Crippen LogP contribution in [0.3, 0.4) is 0 Å². The van der Waals surface area contributed by atoms with Gasteiger partial charge >= 0.3 is 5.97 Å². The minimum Gasteiger partial charge on any atom is -0.491 e. The number of benzene rings is 1. The van der Waals surface area contributed by atoms with Gasteiger partial charge < -0.3 is 15.2 Å². The molecule has 5 heteroatoms. The average Bonchev–Trinajstić information content (AvgIpc) is 2.35. The normalized spacial score (nSPS) is 11.7. The molecule has 2 N–H and O–H groups in total. The van der Waals surface area contributed by atoms with Crippen LogP contribution in [0.5, 0.6) is 5.75 Å². The maximum Gasteiger partial charge on any atom is 0.315 e. The molecule has 1 amide bonds. The summed E-state index contributed by atoms with van der Waals surface area (Å²) in [6.07, 6.45) is 0. The molecule has 0 radical (unpaired) electrons. The van der Waals surface area contributed by atoms with Crippen LogP contribution >= 0.6 is 0 Å². The van der Waals surface area contributed by atoms with E-state index >= 15 is 0 Å². The van der Waals surface area contributed by atoms with Crippen molar-refractivity contribution in [1.29, 1.82) is 0 Å². The van der Waals surface area contributed by atoms with Crippen molar-refractivity contribution in [3.05, 3.63) is 29.8 Å². The Labute approximate surface area is 106 Å². The number of rotatable bonds is 6. The first-order valence-corrected chi connectivity index (χ1v) is 5.71. The zero-order valence-electron chi connectivity index (χ0n) is 10.5. The van der Waals surface area contributed by atoms with Gasteiger partial charge in [0.25, 0.3) is 0 Å². The molecule has 0 aliphatic heterocycles. The highest BCUT2D eigenvalue weighted by molar-refractivity contribution is 5.96. The lowest BCUT2D eigenvalue weighted by Crippen LogP contribution is -2.35. The van der Waals surface area contributed by atoms with Crippen molar-refractivity contribution in [2.75, 3.05) is 13.2 Å². The number of amides is 1. The van der Waals surface area contributed by atoms with Crippen molar-refractivity contribution in [3.8, 4) is 5.75 Å². The summed E-state index contributed by atoms with van der Waals surface area (Å²) in [4.78, 5) is 21.9. The van der Waals surface area contributed by atoms with Crippen LogP contribution < -0.4 is 10.1 Å². The van der Waals surface area contributed by atoms with Crippen LogP contribution in [0.4, 0.5) is 0 Å². The first kappa shape index (κ1) is 14.0. The molecule has 0 saturated heterocycles. The number of hydrogen-bond donors (Lipinski definition) is 2. The van der Waals surface area contributed by atoms with Crippen LogP contribution in [0, 0.1) is 12.8 Å². The second-order valence-electron chi connectivity index (χ2n) is 3.96. The van der Waals surface area contributed by atoms with Crippen molar-refractivity contribution in [1.82, 2.24) is 5.32 Å². The Morgan fingerprint density at radius 2 is 2.06 bits per heavy atom. The lowest BCUT2D eigenvalue weighted by molar-refractivity contribution is -0.146. The molecule has 0 spiro atoms. The molecule has 18 heavy (non-hydrogen) atoms. The van der Waals surface area contributed by atoms with E-state index in [2.05, 4.69) is 5.32 Å². The molecule has 0 aromatic heterocycles. The van der Waals surface area contributed by atoms with Crippen LogP contribution in [-0.2, 0) is 9.59 Å². The molecular weight excluding hydrogens is 234 g/mol. The zero-order valence-corrected chi connectivity index (χ0v) is 10.5. The first-order valence-electron chi connectivity index (χ1n) is 5.71. The van der Waals surface area contributed by atoms with E-state index in [1.165, 1.54) is 6.92 Å². The number of carbonyl (C=O) groups is 2. The fourth-order valence-electron chi connectivity index (χ4n) is 1.32. The summed E-state index contributed by atoms with van der Waals surface area (Å²) in [5.74, 6) is -1.91. The molecule has 1 atom stereocenters. The maximum atomic E-state index is 11.3. The summed E-state index contributed by atoms with van der Waals surface area (Å²) in [6, 6.07) is 7.56. The van der Waals surface area contributed by atoms with Gasteiger partial charge in [-0.2, -0.15) is 0 Å². The number of nitrogens with one attached hydrogen (secondary N) is 1. The Morgan fingerprint density at radius 1 is 1.39 bits per heavy atom. The topological polar surface area (TPSA) is 75.6 Å². The van der Waals surface area contributed by atoms with E-state index in [0.29, 0.717) is 6.61 Å². The highest BCUT2D eigenvalue weighted by Crippen LogP contribution is 2.15. The van der Waals surface area contributed by atoms with Crippen LogP contribution in [0.1, 0.15) is 12.5 Å². The standard InChI is InChI=1S/C13H17NO4/c1-9-5-3-4-6-11(9)18-8-7-14-12(15)10(2)13(16)17/h3-6,10H,7-8H2,1-2H3,(H,14,15)(H,16,17).